The first-order valence-corrected chi connectivity index (χ1v) is 6.36. The highest BCUT2D eigenvalue weighted by Gasteiger charge is 2.46. The third kappa shape index (κ3) is 2.21. The fourth-order valence-electron chi connectivity index (χ4n) is 2.65. The normalized spacial score (nSPS) is 16.8. The summed E-state index contributed by atoms with van der Waals surface area (Å²) in [6.07, 6.45) is 0.514. The number of hydrogen-bond acceptors (Lipinski definition) is 3. The predicted molar refractivity (Wildman–Crippen MR) is 71.8 cm³/mol. The first kappa shape index (κ1) is 13.9. The first-order valence-electron chi connectivity index (χ1n) is 6.36. The van der Waals surface area contributed by atoms with Crippen molar-refractivity contribution in [1.29, 1.82) is 0 Å². The van der Waals surface area contributed by atoms with Gasteiger partial charge in [0.2, 0.25) is 0 Å². The van der Waals surface area contributed by atoms with E-state index in [0.717, 1.165) is 28.0 Å². The Balaban J connectivity index is 2.39. The minimum Gasteiger partial charge on any atom is -0.496 e. The number of benzene rings is 1. The van der Waals surface area contributed by atoms with Gasteiger partial charge in [0.25, 0.3) is 0 Å². The lowest BCUT2D eigenvalue weighted by molar-refractivity contribution is -0.179. The molecule has 1 heterocycles. The van der Waals surface area contributed by atoms with Gasteiger partial charge in [0, 0.05) is 0 Å². The van der Waals surface area contributed by atoms with E-state index in [1.165, 1.54) is 0 Å². The number of aryl methyl sites for hydroxylation is 1. The van der Waals surface area contributed by atoms with Gasteiger partial charge < -0.3 is 14.6 Å². The number of methoxy groups -OCH3 is 1. The van der Waals surface area contributed by atoms with Crippen LogP contribution in [0, 0.1) is 26.2 Å². The molecule has 0 aliphatic carbocycles. The Hall–Kier alpha value is -1.55. The summed E-state index contributed by atoms with van der Waals surface area (Å²) >= 11 is 0. The van der Waals surface area contributed by atoms with Gasteiger partial charge in [0.15, 0.2) is 0 Å². The second kappa shape index (κ2) is 4.85. The molecule has 19 heavy (non-hydrogen) atoms. The van der Waals surface area contributed by atoms with Crippen LogP contribution in [0.3, 0.4) is 0 Å². The topological polar surface area (TPSA) is 55.8 Å². The zero-order valence-corrected chi connectivity index (χ0v) is 11.9. The van der Waals surface area contributed by atoms with Gasteiger partial charge in [0.1, 0.15) is 11.2 Å². The van der Waals surface area contributed by atoms with E-state index in [2.05, 4.69) is 0 Å². The molecule has 104 valence electrons. The molecule has 1 fully saturated rings. The molecular weight excluding hydrogens is 244 g/mol. The Bertz CT molecular complexity index is 515. The number of hydrogen-bond donors (Lipinski definition) is 1. The molecule has 2 rings (SSSR count). The Morgan fingerprint density at radius 3 is 2.42 bits per heavy atom. The fraction of sp³-hybridized carbons (Fsp3) is 0.533. The van der Waals surface area contributed by atoms with Crippen molar-refractivity contribution in [2.75, 3.05) is 20.3 Å². The Kier molecular flexibility index (Phi) is 3.54. The second-order valence-electron chi connectivity index (χ2n) is 5.39. The monoisotopic (exact) mass is 264 g/mol. The largest absolute Gasteiger partial charge is 0.496 e. The molecule has 0 spiro atoms. The van der Waals surface area contributed by atoms with Crippen molar-refractivity contribution < 1.29 is 19.4 Å². The third-order valence-electron chi connectivity index (χ3n) is 4.08. The Morgan fingerprint density at radius 2 is 2.00 bits per heavy atom. The lowest BCUT2D eigenvalue weighted by atomic mass is 9.78. The minimum atomic E-state index is -0.774. The van der Waals surface area contributed by atoms with Crippen LogP contribution < -0.4 is 4.74 Å². The second-order valence-corrected chi connectivity index (χ2v) is 5.39. The van der Waals surface area contributed by atoms with Crippen molar-refractivity contribution in [1.82, 2.24) is 0 Å². The molecule has 4 heteroatoms. The molecule has 1 aromatic rings. The molecule has 1 saturated heterocycles. The molecular formula is C15H20O4. The minimum absolute atomic E-state index is 0.298. The molecule has 0 amide bonds. The number of carboxylic acids is 1. The average molecular weight is 264 g/mol. The molecule has 0 aromatic heterocycles. The summed E-state index contributed by atoms with van der Waals surface area (Å²) < 4.78 is 10.5. The van der Waals surface area contributed by atoms with E-state index in [1.807, 2.05) is 26.8 Å². The van der Waals surface area contributed by atoms with Gasteiger partial charge in [-0.3, -0.25) is 4.79 Å². The number of rotatable bonds is 4. The van der Waals surface area contributed by atoms with Crippen molar-refractivity contribution in [3.05, 3.63) is 28.3 Å². The molecule has 0 bridgehead atoms. The summed E-state index contributed by atoms with van der Waals surface area (Å²) in [6.45, 7) is 6.61. The van der Waals surface area contributed by atoms with Crippen LogP contribution in [-0.2, 0) is 16.0 Å². The van der Waals surface area contributed by atoms with Crippen LogP contribution >= 0.6 is 0 Å². The zero-order valence-electron chi connectivity index (χ0n) is 11.9. The van der Waals surface area contributed by atoms with Crippen LogP contribution in [0.4, 0.5) is 0 Å². The Morgan fingerprint density at radius 1 is 1.37 bits per heavy atom. The number of carboxylic acid groups (broad SMARTS) is 1. The SMILES string of the molecule is COc1c(C)cc(CC2(C(=O)O)COC2)c(C)c1C. The summed E-state index contributed by atoms with van der Waals surface area (Å²) in [7, 11) is 1.66. The predicted octanol–water partition coefficient (Wildman–Crippen LogP) is 2.26. The lowest BCUT2D eigenvalue weighted by Gasteiger charge is -2.38. The van der Waals surface area contributed by atoms with Gasteiger partial charge in [-0.25, -0.2) is 0 Å². The molecule has 0 atom stereocenters. The van der Waals surface area contributed by atoms with E-state index >= 15 is 0 Å². The summed E-state index contributed by atoms with van der Waals surface area (Å²) in [5.74, 6) is 0.111. The number of ether oxygens (including phenoxy) is 2. The molecule has 1 aliphatic rings. The maximum absolute atomic E-state index is 11.4. The van der Waals surface area contributed by atoms with Crippen molar-refractivity contribution >= 4 is 5.97 Å². The quantitative estimate of drug-likeness (QED) is 0.906. The van der Waals surface area contributed by atoms with Gasteiger partial charge in [0.05, 0.1) is 20.3 Å². The van der Waals surface area contributed by atoms with Gasteiger partial charge in [-0.05, 0) is 49.4 Å². The van der Waals surface area contributed by atoms with E-state index in [-0.39, 0.29) is 0 Å². The molecule has 1 aromatic carbocycles. The molecule has 1 N–H and O–H groups in total. The number of carbonyl (C=O) groups is 1. The van der Waals surface area contributed by atoms with Crippen LogP contribution in [-0.4, -0.2) is 31.4 Å². The summed E-state index contributed by atoms with van der Waals surface area (Å²) in [5.41, 5.74) is 3.55. The lowest BCUT2D eigenvalue weighted by Crippen LogP contribution is -2.50. The van der Waals surface area contributed by atoms with Crippen molar-refractivity contribution in [3.8, 4) is 5.75 Å². The van der Waals surface area contributed by atoms with Crippen LogP contribution in [0.25, 0.3) is 0 Å². The van der Waals surface area contributed by atoms with E-state index in [4.69, 9.17) is 9.47 Å². The maximum Gasteiger partial charge on any atom is 0.314 e. The standard InChI is InChI=1S/C15H20O4/c1-9-5-12(10(2)11(3)13(9)18-4)6-15(14(16)17)7-19-8-15/h5H,6-8H2,1-4H3,(H,16,17). The van der Waals surface area contributed by atoms with Crippen molar-refractivity contribution in [3.63, 3.8) is 0 Å². The van der Waals surface area contributed by atoms with Crippen LogP contribution in [0.5, 0.6) is 5.75 Å². The van der Waals surface area contributed by atoms with Crippen LogP contribution in [0.1, 0.15) is 22.3 Å². The highest BCUT2D eigenvalue weighted by Crippen LogP contribution is 2.36. The Labute approximate surface area is 113 Å². The number of aliphatic carboxylic acids is 1. The molecule has 0 unspecified atom stereocenters. The molecule has 0 radical (unpaired) electrons. The van der Waals surface area contributed by atoms with E-state index in [1.54, 1.807) is 7.11 Å². The molecule has 4 nitrogen and oxygen atoms in total. The van der Waals surface area contributed by atoms with Crippen LogP contribution in [0.15, 0.2) is 6.07 Å². The van der Waals surface area contributed by atoms with Crippen LogP contribution in [0.2, 0.25) is 0 Å². The fourth-order valence-corrected chi connectivity index (χ4v) is 2.65. The smallest absolute Gasteiger partial charge is 0.314 e. The maximum atomic E-state index is 11.4. The van der Waals surface area contributed by atoms with Crippen molar-refractivity contribution in [2.45, 2.75) is 27.2 Å². The molecule has 1 aliphatic heterocycles. The van der Waals surface area contributed by atoms with Gasteiger partial charge in [-0.15, -0.1) is 0 Å². The third-order valence-corrected chi connectivity index (χ3v) is 4.08. The van der Waals surface area contributed by atoms with Gasteiger partial charge in [-0.2, -0.15) is 0 Å². The highest BCUT2D eigenvalue weighted by atomic mass is 16.5. The van der Waals surface area contributed by atoms with E-state index in [0.29, 0.717) is 19.6 Å². The van der Waals surface area contributed by atoms with E-state index in [9.17, 15) is 9.90 Å². The molecule has 0 saturated carbocycles. The van der Waals surface area contributed by atoms with E-state index < -0.39 is 11.4 Å². The van der Waals surface area contributed by atoms with Gasteiger partial charge >= 0.3 is 5.97 Å². The van der Waals surface area contributed by atoms with Gasteiger partial charge in [-0.1, -0.05) is 6.07 Å². The summed E-state index contributed by atoms with van der Waals surface area (Å²) in [5, 5.41) is 9.37. The average Bonchev–Trinajstić information content (AvgIpc) is 2.30. The summed E-state index contributed by atoms with van der Waals surface area (Å²) in [4.78, 5) is 11.4. The summed E-state index contributed by atoms with van der Waals surface area (Å²) in [6, 6.07) is 2.03. The van der Waals surface area contributed by atoms with Crippen molar-refractivity contribution in [2.24, 2.45) is 5.41 Å². The zero-order chi connectivity index (χ0) is 14.2. The highest BCUT2D eigenvalue weighted by molar-refractivity contribution is 5.76. The first-order chi connectivity index (χ1) is 8.91.